The highest BCUT2D eigenvalue weighted by molar-refractivity contribution is 8.14. The molecule has 12 heavy (non-hydrogen) atoms. The maximum atomic E-state index is 10.7. The Morgan fingerprint density at radius 3 is 3.42 bits per heavy atom. The van der Waals surface area contributed by atoms with Gasteiger partial charge in [0.25, 0.3) is 0 Å². The standard InChI is InChI=1S/C7H8N2O2S/c10-6(11)5-1-2-8-7-9(5)3-4-12-7/h1-2,5H,3-4H2,(H,10,11). The second kappa shape index (κ2) is 2.82. The highest BCUT2D eigenvalue weighted by Gasteiger charge is 2.31. The number of carboxylic acid groups (broad SMARTS) is 1. The molecule has 0 spiro atoms. The van der Waals surface area contributed by atoms with Crippen LogP contribution in [0.3, 0.4) is 0 Å². The summed E-state index contributed by atoms with van der Waals surface area (Å²) in [4.78, 5) is 16.6. The Balaban J connectivity index is 2.24. The zero-order valence-electron chi connectivity index (χ0n) is 6.30. The molecule has 2 heterocycles. The minimum Gasteiger partial charge on any atom is -0.479 e. The molecule has 0 saturated carbocycles. The van der Waals surface area contributed by atoms with Crippen molar-refractivity contribution in [2.75, 3.05) is 12.3 Å². The van der Waals surface area contributed by atoms with Gasteiger partial charge in [-0.2, -0.15) is 0 Å². The number of carbonyl (C=O) groups is 1. The van der Waals surface area contributed by atoms with E-state index in [0.29, 0.717) is 0 Å². The Bertz CT molecular complexity index is 275. The molecule has 0 aliphatic carbocycles. The van der Waals surface area contributed by atoms with Crippen molar-refractivity contribution in [1.82, 2.24) is 4.90 Å². The van der Waals surface area contributed by atoms with E-state index < -0.39 is 12.0 Å². The van der Waals surface area contributed by atoms with Crippen molar-refractivity contribution in [2.45, 2.75) is 6.04 Å². The lowest BCUT2D eigenvalue weighted by Crippen LogP contribution is -2.41. The third-order valence-electron chi connectivity index (χ3n) is 1.85. The number of aliphatic imine (C=N–C) groups is 1. The SMILES string of the molecule is O=C(O)C1C=CN=C2SCCN21. The highest BCUT2D eigenvalue weighted by Crippen LogP contribution is 2.23. The Kier molecular flexibility index (Phi) is 1.80. The quantitative estimate of drug-likeness (QED) is 0.639. The second-order valence-electron chi connectivity index (χ2n) is 2.58. The van der Waals surface area contributed by atoms with Crippen LogP contribution in [0, 0.1) is 0 Å². The van der Waals surface area contributed by atoms with Crippen LogP contribution in [0.1, 0.15) is 0 Å². The molecule has 0 amide bonds. The van der Waals surface area contributed by atoms with Crippen molar-refractivity contribution in [3.8, 4) is 0 Å². The molecule has 1 saturated heterocycles. The number of hydrogen-bond acceptors (Lipinski definition) is 4. The van der Waals surface area contributed by atoms with Gasteiger partial charge >= 0.3 is 5.97 Å². The minimum atomic E-state index is -0.804. The third-order valence-corrected chi connectivity index (χ3v) is 2.84. The van der Waals surface area contributed by atoms with Crippen LogP contribution >= 0.6 is 11.8 Å². The number of thioether (sulfide) groups is 1. The molecular weight excluding hydrogens is 176 g/mol. The molecule has 1 atom stereocenters. The first-order chi connectivity index (χ1) is 5.79. The zero-order chi connectivity index (χ0) is 8.55. The second-order valence-corrected chi connectivity index (χ2v) is 3.64. The Labute approximate surface area is 74.0 Å². The summed E-state index contributed by atoms with van der Waals surface area (Å²) in [6.07, 6.45) is 3.18. The van der Waals surface area contributed by atoms with Gasteiger partial charge in [-0.15, -0.1) is 0 Å². The highest BCUT2D eigenvalue weighted by atomic mass is 32.2. The van der Waals surface area contributed by atoms with E-state index in [-0.39, 0.29) is 0 Å². The number of nitrogens with zero attached hydrogens (tertiary/aromatic N) is 2. The number of carboxylic acids is 1. The summed E-state index contributed by atoms with van der Waals surface area (Å²) in [7, 11) is 0. The Morgan fingerprint density at radius 1 is 1.83 bits per heavy atom. The van der Waals surface area contributed by atoms with E-state index >= 15 is 0 Å². The van der Waals surface area contributed by atoms with Crippen LogP contribution in [0.2, 0.25) is 0 Å². The average Bonchev–Trinajstić information content (AvgIpc) is 2.49. The van der Waals surface area contributed by atoms with Crippen molar-refractivity contribution >= 4 is 22.9 Å². The number of rotatable bonds is 1. The van der Waals surface area contributed by atoms with Crippen LogP contribution < -0.4 is 0 Å². The van der Waals surface area contributed by atoms with Gasteiger partial charge in [0.1, 0.15) is 6.04 Å². The molecule has 0 aromatic heterocycles. The summed E-state index contributed by atoms with van der Waals surface area (Å²) in [5, 5.41) is 9.67. The van der Waals surface area contributed by atoms with Gasteiger partial charge in [0.2, 0.25) is 0 Å². The largest absolute Gasteiger partial charge is 0.479 e. The van der Waals surface area contributed by atoms with Crippen LogP contribution in [-0.4, -0.2) is 39.5 Å². The summed E-state index contributed by atoms with van der Waals surface area (Å²) in [6.45, 7) is 0.783. The number of hydrogen-bond donors (Lipinski definition) is 1. The number of aliphatic carboxylic acids is 1. The van der Waals surface area contributed by atoms with Crippen molar-refractivity contribution in [2.24, 2.45) is 4.99 Å². The van der Waals surface area contributed by atoms with Gasteiger partial charge in [0, 0.05) is 18.5 Å². The first-order valence-corrected chi connectivity index (χ1v) is 4.64. The van der Waals surface area contributed by atoms with Gasteiger partial charge in [0.15, 0.2) is 5.17 Å². The van der Waals surface area contributed by atoms with Crippen LogP contribution in [0.25, 0.3) is 0 Å². The molecule has 2 aliphatic rings. The molecule has 0 radical (unpaired) electrons. The molecule has 0 aromatic rings. The maximum absolute atomic E-state index is 10.7. The summed E-state index contributed by atoms with van der Waals surface area (Å²) in [5.74, 6) is 0.130. The molecule has 0 bridgehead atoms. The van der Waals surface area contributed by atoms with Crippen molar-refractivity contribution in [3.63, 3.8) is 0 Å². The van der Waals surface area contributed by atoms with E-state index in [1.165, 1.54) is 0 Å². The molecule has 0 aromatic carbocycles. The predicted molar refractivity (Wildman–Crippen MR) is 47.2 cm³/mol. The molecule has 4 nitrogen and oxygen atoms in total. The zero-order valence-corrected chi connectivity index (χ0v) is 7.12. The molecule has 2 rings (SSSR count). The molecule has 1 fully saturated rings. The van der Waals surface area contributed by atoms with Crippen molar-refractivity contribution in [1.29, 1.82) is 0 Å². The lowest BCUT2D eigenvalue weighted by atomic mass is 10.2. The van der Waals surface area contributed by atoms with E-state index in [2.05, 4.69) is 4.99 Å². The lowest BCUT2D eigenvalue weighted by Gasteiger charge is -2.24. The average molecular weight is 184 g/mol. The molecular formula is C7H8N2O2S. The normalized spacial score (nSPS) is 26.8. The number of fused-ring (bicyclic) bond motifs is 1. The summed E-state index contributed by atoms with van der Waals surface area (Å²) >= 11 is 1.61. The summed E-state index contributed by atoms with van der Waals surface area (Å²) < 4.78 is 0. The number of amidine groups is 1. The van der Waals surface area contributed by atoms with Gasteiger partial charge in [-0.3, -0.25) is 0 Å². The molecule has 5 heteroatoms. The van der Waals surface area contributed by atoms with Gasteiger partial charge in [-0.25, -0.2) is 9.79 Å². The van der Waals surface area contributed by atoms with Crippen LogP contribution in [0.4, 0.5) is 0 Å². The third kappa shape index (κ3) is 1.10. The van der Waals surface area contributed by atoms with E-state index in [9.17, 15) is 4.79 Å². The van der Waals surface area contributed by atoms with Crippen LogP contribution in [0.15, 0.2) is 17.3 Å². The minimum absolute atomic E-state index is 0.507. The maximum Gasteiger partial charge on any atom is 0.330 e. The summed E-state index contributed by atoms with van der Waals surface area (Å²) in [6, 6.07) is -0.507. The van der Waals surface area contributed by atoms with E-state index in [1.54, 1.807) is 24.0 Å². The first-order valence-electron chi connectivity index (χ1n) is 3.66. The van der Waals surface area contributed by atoms with Gasteiger partial charge in [-0.1, -0.05) is 11.8 Å². The monoisotopic (exact) mass is 184 g/mol. The molecule has 1 N–H and O–H groups in total. The molecule has 1 unspecified atom stereocenters. The topological polar surface area (TPSA) is 52.9 Å². The fraction of sp³-hybridized carbons (Fsp3) is 0.429. The van der Waals surface area contributed by atoms with Gasteiger partial charge < -0.3 is 10.0 Å². The predicted octanol–water partition coefficient (Wildman–Crippen LogP) is 0.372. The smallest absolute Gasteiger partial charge is 0.330 e. The molecule has 2 aliphatic heterocycles. The Hall–Kier alpha value is -0.970. The first kappa shape index (κ1) is 7.67. The molecule has 64 valence electrons. The van der Waals surface area contributed by atoms with Gasteiger partial charge in [0.05, 0.1) is 0 Å². The summed E-state index contributed by atoms with van der Waals surface area (Å²) in [5.41, 5.74) is 0. The van der Waals surface area contributed by atoms with Crippen molar-refractivity contribution < 1.29 is 9.90 Å². The van der Waals surface area contributed by atoms with Gasteiger partial charge in [-0.05, 0) is 6.08 Å². The van der Waals surface area contributed by atoms with Crippen LogP contribution in [-0.2, 0) is 4.79 Å². The fourth-order valence-corrected chi connectivity index (χ4v) is 2.27. The Morgan fingerprint density at radius 2 is 2.67 bits per heavy atom. The van der Waals surface area contributed by atoms with Crippen LogP contribution in [0.5, 0.6) is 0 Å². The van der Waals surface area contributed by atoms with E-state index in [1.807, 2.05) is 4.90 Å². The fourth-order valence-electron chi connectivity index (χ4n) is 1.29. The lowest BCUT2D eigenvalue weighted by molar-refractivity contribution is -0.140. The van der Waals surface area contributed by atoms with E-state index in [0.717, 1.165) is 17.5 Å². The van der Waals surface area contributed by atoms with Crippen molar-refractivity contribution in [3.05, 3.63) is 12.3 Å². The van der Waals surface area contributed by atoms with E-state index in [4.69, 9.17) is 5.11 Å².